The minimum atomic E-state index is -0.570. The number of benzene rings is 1. The van der Waals surface area contributed by atoms with Crippen molar-refractivity contribution in [3.63, 3.8) is 0 Å². The van der Waals surface area contributed by atoms with Crippen molar-refractivity contribution >= 4 is 22.5 Å². The highest BCUT2D eigenvalue weighted by Gasteiger charge is 2.05. The quantitative estimate of drug-likeness (QED) is 0.624. The first-order valence-corrected chi connectivity index (χ1v) is 3.94. The first kappa shape index (κ1) is 8.07. The Labute approximate surface area is 77.8 Å². The Hall–Kier alpha value is -1.55. The molecule has 1 aromatic heterocycles. The third-order valence-electron chi connectivity index (χ3n) is 1.68. The van der Waals surface area contributed by atoms with Gasteiger partial charge in [0, 0.05) is 5.39 Å². The number of hydrogen-bond acceptors (Lipinski definition) is 3. The van der Waals surface area contributed by atoms with Gasteiger partial charge in [-0.15, -0.1) is 0 Å². The maximum atomic E-state index is 10.9. The average Bonchev–Trinajstić information content (AvgIpc) is 2.07. The maximum absolute atomic E-state index is 10.9. The van der Waals surface area contributed by atoms with Crippen LogP contribution in [0.3, 0.4) is 0 Å². The SMILES string of the molecule is O=c1nc2c(O)cccc2c(Cl)[nH]1. The van der Waals surface area contributed by atoms with E-state index >= 15 is 0 Å². The Morgan fingerprint density at radius 1 is 1.46 bits per heavy atom. The zero-order valence-electron chi connectivity index (χ0n) is 6.41. The van der Waals surface area contributed by atoms with Gasteiger partial charge in [0.2, 0.25) is 0 Å². The topological polar surface area (TPSA) is 66.0 Å². The van der Waals surface area contributed by atoms with E-state index in [9.17, 15) is 9.90 Å². The van der Waals surface area contributed by atoms with E-state index in [1.54, 1.807) is 12.1 Å². The van der Waals surface area contributed by atoms with Gasteiger partial charge in [-0.05, 0) is 12.1 Å². The molecule has 5 heteroatoms. The smallest absolute Gasteiger partial charge is 0.346 e. The van der Waals surface area contributed by atoms with Crippen LogP contribution in [0, 0.1) is 0 Å². The molecule has 2 aromatic rings. The first-order valence-electron chi connectivity index (χ1n) is 3.56. The number of aromatic hydroxyl groups is 1. The lowest BCUT2D eigenvalue weighted by Crippen LogP contribution is -2.09. The highest BCUT2D eigenvalue weighted by molar-refractivity contribution is 6.34. The minimum Gasteiger partial charge on any atom is -0.506 e. The molecule has 0 aliphatic rings. The van der Waals surface area contributed by atoms with Crippen molar-refractivity contribution in [2.24, 2.45) is 0 Å². The first-order chi connectivity index (χ1) is 6.18. The number of halogens is 1. The van der Waals surface area contributed by atoms with E-state index in [-0.39, 0.29) is 16.4 Å². The summed E-state index contributed by atoms with van der Waals surface area (Å²) in [4.78, 5) is 16.8. The fourth-order valence-corrected chi connectivity index (χ4v) is 1.35. The van der Waals surface area contributed by atoms with Gasteiger partial charge in [0.1, 0.15) is 16.4 Å². The molecule has 4 nitrogen and oxygen atoms in total. The van der Waals surface area contributed by atoms with Gasteiger partial charge in [0.05, 0.1) is 0 Å². The average molecular weight is 197 g/mol. The summed E-state index contributed by atoms with van der Waals surface area (Å²) in [5.74, 6) is -0.0505. The van der Waals surface area contributed by atoms with E-state index in [0.717, 1.165) is 0 Å². The molecule has 1 aromatic carbocycles. The van der Waals surface area contributed by atoms with Crippen molar-refractivity contribution in [2.75, 3.05) is 0 Å². The van der Waals surface area contributed by atoms with Crippen LogP contribution in [0.25, 0.3) is 10.9 Å². The minimum absolute atomic E-state index is 0.0505. The molecule has 0 amide bonds. The van der Waals surface area contributed by atoms with Crippen LogP contribution < -0.4 is 5.69 Å². The van der Waals surface area contributed by atoms with E-state index in [4.69, 9.17) is 11.6 Å². The highest BCUT2D eigenvalue weighted by Crippen LogP contribution is 2.24. The summed E-state index contributed by atoms with van der Waals surface area (Å²) in [7, 11) is 0. The number of nitrogens with one attached hydrogen (secondary N) is 1. The number of aromatic nitrogens is 2. The van der Waals surface area contributed by atoms with Gasteiger partial charge in [-0.2, -0.15) is 4.98 Å². The molecule has 0 saturated carbocycles. The summed E-state index contributed by atoms with van der Waals surface area (Å²) >= 11 is 5.73. The third-order valence-corrected chi connectivity index (χ3v) is 1.98. The number of para-hydroxylation sites is 1. The Kier molecular flexibility index (Phi) is 1.70. The zero-order valence-corrected chi connectivity index (χ0v) is 7.17. The molecule has 0 unspecified atom stereocenters. The highest BCUT2D eigenvalue weighted by atomic mass is 35.5. The zero-order chi connectivity index (χ0) is 9.42. The maximum Gasteiger partial charge on any atom is 0.346 e. The largest absolute Gasteiger partial charge is 0.506 e. The van der Waals surface area contributed by atoms with Crippen molar-refractivity contribution in [3.8, 4) is 5.75 Å². The van der Waals surface area contributed by atoms with Gasteiger partial charge in [-0.25, -0.2) is 4.79 Å². The molecule has 1 heterocycles. The van der Waals surface area contributed by atoms with E-state index < -0.39 is 5.69 Å². The number of nitrogens with zero attached hydrogens (tertiary/aromatic N) is 1. The number of fused-ring (bicyclic) bond motifs is 1. The molecular formula is C8H5ClN2O2. The summed E-state index contributed by atoms with van der Waals surface area (Å²) in [6, 6.07) is 4.75. The fraction of sp³-hybridized carbons (Fsp3) is 0. The number of hydrogen-bond donors (Lipinski definition) is 2. The van der Waals surface area contributed by atoms with E-state index in [1.807, 2.05) is 0 Å². The predicted octanol–water partition coefficient (Wildman–Crippen LogP) is 1.28. The number of phenolic OH excluding ortho intramolecular Hbond substituents is 1. The molecular weight excluding hydrogens is 192 g/mol. The lowest BCUT2D eigenvalue weighted by molar-refractivity contribution is 0.480. The number of rotatable bonds is 0. The van der Waals surface area contributed by atoms with Gasteiger partial charge < -0.3 is 5.11 Å². The van der Waals surface area contributed by atoms with Crippen molar-refractivity contribution in [1.29, 1.82) is 0 Å². The van der Waals surface area contributed by atoms with Crippen LogP contribution in [0.2, 0.25) is 5.15 Å². The second-order valence-electron chi connectivity index (χ2n) is 2.53. The van der Waals surface area contributed by atoms with Crippen LogP contribution in [-0.2, 0) is 0 Å². The molecule has 0 aliphatic carbocycles. The van der Waals surface area contributed by atoms with E-state index in [2.05, 4.69) is 9.97 Å². The normalized spacial score (nSPS) is 10.5. The molecule has 2 rings (SSSR count). The molecule has 0 aliphatic heterocycles. The lowest BCUT2D eigenvalue weighted by Gasteiger charge is -1.99. The number of H-pyrrole nitrogens is 1. The molecule has 0 saturated heterocycles. The van der Waals surface area contributed by atoms with Crippen LogP contribution in [0.15, 0.2) is 23.0 Å². The summed E-state index contributed by atoms with van der Waals surface area (Å²) < 4.78 is 0. The molecule has 0 atom stereocenters. The number of aromatic amines is 1. The monoisotopic (exact) mass is 196 g/mol. The van der Waals surface area contributed by atoms with Crippen molar-refractivity contribution in [2.45, 2.75) is 0 Å². The van der Waals surface area contributed by atoms with Crippen molar-refractivity contribution in [1.82, 2.24) is 9.97 Å². The molecule has 66 valence electrons. The van der Waals surface area contributed by atoms with Crippen LogP contribution in [0.5, 0.6) is 5.75 Å². The lowest BCUT2D eigenvalue weighted by atomic mass is 10.2. The van der Waals surface area contributed by atoms with E-state index in [0.29, 0.717) is 5.39 Å². The Morgan fingerprint density at radius 2 is 2.23 bits per heavy atom. The number of phenols is 1. The van der Waals surface area contributed by atoms with Gasteiger partial charge in [-0.1, -0.05) is 17.7 Å². The third kappa shape index (κ3) is 1.25. The predicted molar refractivity (Wildman–Crippen MR) is 49.0 cm³/mol. The van der Waals surface area contributed by atoms with Crippen molar-refractivity contribution in [3.05, 3.63) is 33.8 Å². The summed E-state index contributed by atoms with van der Waals surface area (Å²) in [6.07, 6.45) is 0. The second-order valence-corrected chi connectivity index (χ2v) is 2.91. The van der Waals surface area contributed by atoms with E-state index in [1.165, 1.54) is 6.07 Å². The van der Waals surface area contributed by atoms with Crippen LogP contribution in [0.4, 0.5) is 0 Å². The Bertz CT molecular complexity index is 521. The van der Waals surface area contributed by atoms with Gasteiger partial charge in [0.25, 0.3) is 0 Å². The summed E-state index contributed by atoms with van der Waals surface area (Å²) in [6.45, 7) is 0. The molecule has 0 bridgehead atoms. The molecule has 0 fully saturated rings. The summed E-state index contributed by atoms with van der Waals surface area (Å²) in [5, 5.41) is 10.1. The summed E-state index contributed by atoms with van der Waals surface area (Å²) in [5.41, 5.74) is -0.352. The van der Waals surface area contributed by atoms with Crippen LogP contribution in [-0.4, -0.2) is 15.1 Å². The van der Waals surface area contributed by atoms with Gasteiger partial charge in [0.15, 0.2) is 0 Å². The van der Waals surface area contributed by atoms with Gasteiger partial charge >= 0.3 is 5.69 Å². The Balaban J connectivity index is 3.03. The molecule has 13 heavy (non-hydrogen) atoms. The van der Waals surface area contributed by atoms with Crippen LogP contribution in [0.1, 0.15) is 0 Å². The molecule has 0 radical (unpaired) electrons. The van der Waals surface area contributed by atoms with Crippen molar-refractivity contribution < 1.29 is 5.11 Å². The molecule has 0 spiro atoms. The fourth-order valence-electron chi connectivity index (χ4n) is 1.12. The van der Waals surface area contributed by atoms with Crippen LogP contribution >= 0.6 is 11.6 Å². The molecule has 2 N–H and O–H groups in total. The van der Waals surface area contributed by atoms with Gasteiger partial charge in [-0.3, -0.25) is 4.98 Å². The standard InChI is InChI=1S/C8H5ClN2O2/c9-7-4-2-1-3-5(12)6(4)10-8(13)11-7/h1-3,12H,(H,10,11,13). The second kappa shape index (κ2) is 2.74. The Morgan fingerprint density at radius 3 is 3.00 bits per heavy atom.